The minimum Gasteiger partial charge on any atom is -0.478 e. The van der Waals surface area contributed by atoms with E-state index < -0.39 is 11.9 Å². The van der Waals surface area contributed by atoms with E-state index in [1.54, 1.807) is 6.07 Å². The van der Waals surface area contributed by atoms with Crippen LogP contribution in [0.4, 0.5) is 0 Å². The van der Waals surface area contributed by atoms with Crippen LogP contribution in [0.1, 0.15) is 103 Å². The fourth-order valence-electron chi connectivity index (χ4n) is 11.4. The average molecular weight is 435 g/mol. The van der Waals surface area contributed by atoms with E-state index in [-0.39, 0.29) is 16.5 Å². The van der Waals surface area contributed by atoms with Gasteiger partial charge < -0.3 is 10.2 Å². The Balaban J connectivity index is 1.37. The first-order valence-corrected chi connectivity index (χ1v) is 12.9. The average Bonchev–Trinajstić information content (AvgIpc) is 2.71. The first-order valence-electron chi connectivity index (χ1n) is 12.9. The molecular weight excluding hydrogens is 400 g/mol. The Hall–Kier alpha value is -1.84. The van der Waals surface area contributed by atoms with Crippen molar-refractivity contribution in [2.24, 2.45) is 40.4 Å². The van der Waals surface area contributed by atoms with E-state index in [2.05, 4.69) is 0 Å². The van der Waals surface area contributed by atoms with E-state index in [1.807, 2.05) is 6.07 Å². The van der Waals surface area contributed by atoms with Gasteiger partial charge in [0.05, 0.1) is 11.1 Å². The van der Waals surface area contributed by atoms with Crippen LogP contribution in [0.3, 0.4) is 0 Å². The first kappa shape index (κ1) is 19.6. The molecule has 0 saturated heterocycles. The summed E-state index contributed by atoms with van der Waals surface area (Å²) in [6.07, 6.45) is 15.8. The Labute approximate surface area is 189 Å². The largest absolute Gasteiger partial charge is 0.478 e. The second kappa shape index (κ2) is 6.18. The molecule has 0 aromatic heterocycles. The Morgan fingerprint density at radius 3 is 1.75 bits per heavy atom. The van der Waals surface area contributed by atoms with Crippen molar-refractivity contribution in [3.8, 4) is 0 Å². The molecule has 0 spiro atoms. The van der Waals surface area contributed by atoms with Gasteiger partial charge in [0.2, 0.25) is 0 Å². The summed E-state index contributed by atoms with van der Waals surface area (Å²) in [5.74, 6) is 1.95. The van der Waals surface area contributed by atoms with Crippen molar-refractivity contribution in [2.75, 3.05) is 0 Å². The molecule has 32 heavy (non-hydrogen) atoms. The fraction of sp³-hybridized carbons (Fsp3) is 0.714. The predicted octanol–water partition coefficient (Wildman–Crippen LogP) is 6.14. The van der Waals surface area contributed by atoms with Crippen LogP contribution >= 0.6 is 0 Å². The summed E-state index contributed by atoms with van der Waals surface area (Å²) in [7, 11) is 0. The molecule has 0 aliphatic heterocycles. The van der Waals surface area contributed by atoms with Crippen molar-refractivity contribution in [2.45, 2.75) is 82.5 Å². The molecule has 4 nitrogen and oxygen atoms in total. The smallest absolute Gasteiger partial charge is 0.336 e. The quantitative estimate of drug-likeness (QED) is 0.597. The third-order valence-electron chi connectivity index (χ3n) is 11.3. The lowest BCUT2D eigenvalue weighted by Crippen LogP contribution is -2.63. The van der Waals surface area contributed by atoms with Gasteiger partial charge in [0.1, 0.15) is 0 Å². The standard InChI is InChI=1S/C28H34O4/c29-24(30)21-2-1-3-22(23(21)25(31)32)26-8-19-7-20(9-26)14-28(13-19,15-26)27-10-16-4-17(11-27)6-18(5-16)12-27/h1-3,16-20H,4-15H2,(H,29,30)(H,31,32). The van der Waals surface area contributed by atoms with Crippen molar-refractivity contribution >= 4 is 11.9 Å². The third-order valence-corrected chi connectivity index (χ3v) is 11.3. The highest BCUT2D eigenvalue weighted by molar-refractivity contribution is 6.03. The lowest BCUT2D eigenvalue weighted by Gasteiger charge is -2.72. The van der Waals surface area contributed by atoms with Gasteiger partial charge in [-0.25, -0.2) is 9.59 Å². The van der Waals surface area contributed by atoms with Gasteiger partial charge in [-0.15, -0.1) is 0 Å². The molecule has 2 N–H and O–H groups in total. The molecule has 0 amide bonds. The van der Waals surface area contributed by atoms with Crippen LogP contribution in [0.25, 0.3) is 0 Å². The van der Waals surface area contributed by atoms with Gasteiger partial charge >= 0.3 is 11.9 Å². The van der Waals surface area contributed by atoms with E-state index in [9.17, 15) is 19.8 Å². The van der Waals surface area contributed by atoms with E-state index >= 15 is 0 Å². The van der Waals surface area contributed by atoms with Crippen LogP contribution in [0, 0.1) is 40.4 Å². The van der Waals surface area contributed by atoms with Gasteiger partial charge in [0, 0.05) is 0 Å². The van der Waals surface area contributed by atoms with Crippen LogP contribution in [-0.2, 0) is 5.41 Å². The zero-order valence-corrected chi connectivity index (χ0v) is 18.8. The van der Waals surface area contributed by atoms with Crippen LogP contribution in [0.5, 0.6) is 0 Å². The van der Waals surface area contributed by atoms with E-state index in [0.717, 1.165) is 42.6 Å². The SMILES string of the molecule is O=C(O)c1cccc(C23CC4CC(C2)CC(C25CC6CC(CC(C6)C2)C5)(C4)C3)c1C(=O)O. The maximum atomic E-state index is 12.4. The second-order valence-corrected chi connectivity index (χ2v) is 13.1. The predicted molar refractivity (Wildman–Crippen MR) is 120 cm³/mol. The van der Waals surface area contributed by atoms with Crippen molar-refractivity contribution in [1.82, 2.24) is 0 Å². The number of hydrogen-bond donors (Lipinski definition) is 2. The van der Waals surface area contributed by atoms with Crippen LogP contribution in [-0.4, -0.2) is 22.2 Å². The molecule has 1 aromatic rings. The molecule has 0 radical (unpaired) electrons. The van der Waals surface area contributed by atoms with Gasteiger partial charge in [0.25, 0.3) is 0 Å². The number of carbonyl (C=O) groups is 2. The molecule has 8 aliphatic rings. The molecule has 9 rings (SSSR count). The minimum atomic E-state index is -1.12. The first-order chi connectivity index (χ1) is 15.3. The highest BCUT2D eigenvalue weighted by atomic mass is 16.4. The summed E-state index contributed by atoms with van der Waals surface area (Å²) in [5.41, 5.74) is 1.55. The lowest BCUT2D eigenvalue weighted by atomic mass is 9.32. The Morgan fingerprint density at radius 1 is 0.688 bits per heavy atom. The minimum absolute atomic E-state index is 0.0328. The third kappa shape index (κ3) is 2.45. The van der Waals surface area contributed by atoms with E-state index in [0.29, 0.717) is 22.7 Å². The van der Waals surface area contributed by atoms with Crippen LogP contribution in [0.2, 0.25) is 0 Å². The summed E-state index contributed by atoms with van der Waals surface area (Å²) < 4.78 is 0. The highest BCUT2D eigenvalue weighted by Gasteiger charge is 2.68. The molecule has 0 heterocycles. The molecule has 2 atom stereocenters. The molecular formula is C28H34O4. The molecule has 170 valence electrons. The van der Waals surface area contributed by atoms with Gasteiger partial charge in [-0.2, -0.15) is 0 Å². The molecule has 4 heteroatoms. The number of hydrogen-bond acceptors (Lipinski definition) is 2. The van der Waals surface area contributed by atoms with E-state index in [1.165, 1.54) is 63.9 Å². The molecule has 8 aliphatic carbocycles. The van der Waals surface area contributed by atoms with E-state index in [4.69, 9.17) is 0 Å². The Kier molecular flexibility index (Phi) is 3.79. The normalized spacial score (nSPS) is 47.7. The lowest BCUT2D eigenvalue weighted by molar-refractivity contribution is -0.206. The Morgan fingerprint density at radius 2 is 1.22 bits per heavy atom. The van der Waals surface area contributed by atoms with Crippen molar-refractivity contribution in [3.05, 3.63) is 34.9 Å². The summed E-state index contributed by atoms with van der Waals surface area (Å²) >= 11 is 0. The van der Waals surface area contributed by atoms with Crippen molar-refractivity contribution < 1.29 is 19.8 Å². The van der Waals surface area contributed by atoms with Crippen molar-refractivity contribution in [3.63, 3.8) is 0 Å². The highest BCUT2D eigenvalue weighted by Crippen LogP contribution is 2.77. The zero-order chi connectivity index (χ0) is 21.9. The van der Waals surface area contributed by atoms with Gasteiger partial charge in [-0.1, -0.05) is 12.1 Å². The molecule has 8 saturated carbocycles. The summed E-state index contributed by atoms with van der Waals surface area (Å²) in [6, 6.07) is 5.24. The molecule has 2 unspecified atom stereocenters. The number of carboxylic acids is 2. The summed E-state index contributed by atoms with van der Waals surface area (Å²) in [5, 5.41) is 19.9. The number of rotatable bonds is 4. The topological polar surface area (TPSA) is 74.6 Å². The molecule has 8 fully saturated rings. The van der Waals surface area contributed by atoms with Crippen molar-refractivity contribution in [1.29, 1.82) is 0 Å². The fourth-order valence-corrected chi connectivity index (χ4v) is 11.4. The summed E-state index contributed by atoms with van der Waals surface area (Å²) in [6.45, 7) is 0. The number of benzene rings is 1. The van der Waals surface area contributed by atoms with Crippen LogP contribution in [0.15, 0.2) is 18.2 Å². The van der Waals surface area contributed by atoms with Gasteiger partial charge in [-0.3, -0.25) is 0 Å². The molecule has 8 bridgehead atoms. The van der Waals surface area contributed by atoms with Gasteiger partial charge in [0.15, 0.2) is 0 Å². The molecule has 1 aromatic carbocycles. The monoisotopic (exact) mass is 434 g/mol. The maximum Gasteiger partial charge on any atom is 0.336 e. The second-order valence-electron chi connectivity index (χ2n) is 13.1. The van der Waals surface area contributed by atoms with Gasteiger partial charge in [-0.05, 0) is 135 Å². The van der Waals surface area contributed by atoms with Crippen LogP contribution < -0.4 is 0 Å². The Bertz CT molecular complexity index is 973. The maximum absolute atomic E-state index is 12.4. The zero-order valence-electron chi connectivity index (χ0n) is 18.8. The summed E-state index contributed by atoms with van der Waals surface area (Å²) in [4.78, 5) is 24.3. The number of aromatic carboxylic acids is 2. The number of carboxylic acid groups (broad SMARTS) is 2.